The van der Waals surface area contributed by atoms with Crippen molar-refractivity contribution in [3.05, 3.63) is 23.8 Å². The molecule has 0 bridgehead atoms. The Kier molecular flexibility index (Phi) is 4.83. The van der Waals surface area contributed by atoms with Crippen molar-refractivity contribution >= 4 is 22.6 Å². The van der Waals surface area contributed by atoms with E-state index in [1.807, 2.05) is 0 Å². The van der Waals surface area contributed by atoms with Crippen LogP contribution in [0.15, 0.2) is 23.1 Å². The molecule has 1 saturated heterocycles. The van der Waals surface area contributed by atoms with E-state index in [1.54, 1.807) is 0 Å². The Morgan fingerprint density at radius 3 is 2.23 bits per heavy atom. The molecular formula is C11H13BF3NO5S. The molecule has 1 fully saturated rings. The van der Waals surface area contributed by atoms with E-state index in [-0.39, 0.29) is 26.3 Å². The number of sulfonamides is 1. The van der Waals surface area contributed by atoms with Gasteiger partial charge in [0.1, 0.15) is 0 Å². The summed E-state index contributed by atoms with van der Waals surface area (Å²) in [5.41, 5.74) is -1.80. The van der Waals surface area contributed by atoms with Gasteiger partial charge >= 0.3 is 13.3 Å². The fourth-order valence-corrected chi connectivity index (χ4v) is 3.51. The fraction of sp³-hybridized carbons (Fsp3) is 0.455. The maximum Gasteiger partial charge on any atom is 0.488 e. The summed E-state index contributed by atoms with van der Waals surface area (Å²) < 4.78 is 69.3. The van der Waals surface area contributed by atoms with Crippen LogP contribution in [0.1, 0.15) is 5.56 Å². The third kappa shape index (κ3) is 3.61. The minimum absolute atomic E-state index is 0.0234. The van der Waals surface area contributed by atoms with E-state index in [2.05, 4.69) is 0 Å². The van der Waals surface area contributed by atoms with Crippen molar-refractivity contribution in [2.24, 2.45) is 0 Å². The lowest BCUT2D eigenvalue weighted by atomic mass is 9.79. The van der Waals surface area contributed by atoms with Crippen molar-refractivity contribution in [2.75, 3.05) is 26.3 Å². The van der Waals surface area contributed by atoms with Gasteiger partial charge in [0.2, 0.25) is 10.0 Å². The monoisotopic (exact) mass is 339 g/mol. The molecule has 22 heavy (non-hydrogen) atoms. The molecule has 1 aromatic rings. The molecule has 0 aliphatic carbocycles. The molecule has 0 amide bonds. The Morgan fingerprint density at radius 1 is 1.14 bits per heavy atom. The van der Waals surface area contributed by atoms with Gasteiger partial charge in [-0.15, -0.1) is 0 Å². The third-order valence-corrected chi connectivity index (χ3v) is 5.04. The van der Waals surface area contributed by atoms with Crippen LogP contribution in [0.5, 0.6) is 0 Å². The molecule has 2 N–H and O–H groups in total. The first-order valence-electron chi connectivity index (χ1n) is 6.28. The van der Waals surface area contributed by atoms with Gasteiger partial charge < -0.3 is 14.8 Å². The third-order valence-electron chi connectivity index (χ3n) is 3.16. The number of alkyl halides is 3. The Balaban J connectivity index is 2.51. The molecule has 122 valence electrons. The minimum atomic E-state index is -4.81. The standard InChI is InChI=1S/C11H13BF3NO5S/c13-11(14,15)8-5-9(12(17)18)7-10(6-8)22(19,20)16-1-3-21-4-2-16/h5-7,17-18H,1-4H2. The van der Waals surface area contributed by atoms with E-state index in [4.69, 9.17) is 14.8 Å². The van der Waals surface area contributed by atoms with Crippen molar-refractivity contribution in [3.8, 4) is 0 Å². The number of hydrogen-bond donors (Lipinski definition) is 2. The van der Waals surface area contributed by atoms with E-state index in [0.717, 1.165) is 10.4 Å². The number of halogens is 3. The Hall–Kier alpha value is -1.14. The van der Waals surface area contributed by atoms with E-state index < -0.39 is 39.2 Å². The van der Waals surface area contributed by atoms with E-state index in [9.17, 15) is 21.6 Å². The molecule has 1 aliphatic heterocycles. The van der Waals surface area contributed by atoms with Crippen LogP contribution in [0.4, 0.5) is 13.2 Å². The number of benzene rings is 1. The highest BCUT2D eigenvalue weighted by molar-refractivity contribution is 7.89. The fourth-order valence-electron chi connectivity index (χ4n) is 2.02. The van der Waals surface area contributed by atoms with Gasteiger partial charge in [0.25, 0.3) is 0 Å². The molecule has 1 aromatic carbocycles. The summed E-state index contributed by atoms with van der Waals surface area (Å²) in [5, 5.41) is 18.1. The minimum Gasteiger partial charge on any atom is -0.423 e. The van der Waals surface area contributed by atoms with Crippen molar-refractivity contribution in [1.82, 2.24) is 4.31 Å². The molecule has 0 saturated carbocycles. The highest BCUT2D eigenvalue weighted by Gasteiger charge is 2.35. The smallest absolute Gasteiger partial charge is 0.423 e. The zero-order valence-corrected chi connectivity index (χ0v) is 12.1. The first-order valence-corrected chi connectivity index (χ1v) is 7.72. The summed E-state index contributed by atoms with van der Waals surface area (Å²) in [5.74, 6) is 0. The second-order valence-electron chi connectivity index (χ2n) is 4.68. The highest BCUT2D eigenvalue weighted by Crippen LogP contribution is 2.30. The van der Waals surface area contributed by atoms with Gasteiger partial charge in [0.05, 0.1) is 23.7 Å². The summed E-state index contributed by atoms with van der Waals surface area (Å²) in [7, 11) is -6.38. The van der Waals surface area contributed by atoms with Crippen LogP contribution >= 0.6 is 0 Å². The zero-order valence-electron chi connectivity index (χ0n) is 11.2. The van der Waals surface area contributed by atoms with Crippen molar-refractivity contribution in [1.29, 1.82) is 0 Å². The van der Waals surface area contributed by atoms with Crippen LogP contribution in [0.25, 0.3) is 0 Å². The number of ether oxygens (including phenoxy) is 1. The summed E-state index contributed by atoms with van der Waals surface area (Å²) in [6.07, 6.45) is -4.81. The van der Waals surface area contributed by atoms with E-state index in [1.165, 1.54) is 0 Å². The Labute approximate surface area is 125 Å². The first kappa shape index (κ1) is 17.2. The van der Waals surface area contributed by atoms with Gasteiger partial charge in [-0.1, -0.05) is 6.07 Å². The number of rotatable bonds is 3. The number of morpholine rings is 1. The number of nitrogens with zero attached hydrogens (tertiary/aromatic N) is 1. The van der Waals surface area contributed by atoms with E-state index in [0.29, 0.717) is 12.1 Å². The lowest BCUT2D eigenvalue weighted by Crippen LogP contribution is -2.41. The van der Waals surface area contributed by atoms with Crippen LogP contribution in [0.3, 0.4) is 0 Å². The summed E-state index contributed by atoms with van der Waals surface area (Å²) in [6, 6.07) is 1.81. The van der Waals surface area contributed by atoms with Crippen molar-refractivity contribution < 1.29 is 36.4 Å². The quantitative estimate of drug-likeness (QED) is 0.719. The molecule has 6 nitrogen and oxygen atoms in total. The lowest BCUT2D eigenvalue weighted by molar-refractivity contribution is -0.137. The predicted molar refractivity (Wildman–Crippen MR) is 70.8 cm³/mol. The van der Waals surface area contributed by atoms with Crippen LogP contribution in [0.2, 0.25) is 0 Å². The molecule has 0 aromatic heterocycles. The molecule has 1 aliphatic rings. The van der Waals surface area contributed by atoms with Crippen LogP contribution in [-0.4, -0.2) is 56.2 Å². The topological polar surface area (TPSA) is 87.1 Å². The average molecular weight is 339 g/mol. The van der Waals surface area contributed by atoms with Crippen LogP contribution in [-0.2, 0) is 20.9 Å². The molecule has 1 heterocycles. The maximum absolute atomic E-state index is 12.8. The summed E-state index contributed by atoms with van der Waals surface area (Å²) in [4.78, 5) is -0.632. The van der Waals surface area contributed by atoms with Gasteiger partial charge in [-0.05, 0) is 17.6 Å². The highest BCUT2D eigenvalue weighted by atomic mass is 32.2. The predicted octanol–water partition coefficient (Wildman–Crippen LogP) is -0.594. The van der Waals surface area contributed by atoms with Crippen molar-refractivity contribution in [2.45, 2.75) is 11.1 Å². The normalized spacial score (nSPS) is 17.5. The van der Waals surface area contributed by atoms with Gasteiger partial charge in [-0.25, -0.2) is 8.42 Å². The lowest BCUT2D eigenvalue weighted by Gasteiger charge is -2.26. The Morgan fingerprint density at radius 2 is 1.73 bits per heavy atom. The van der Waals surface area contributed by atoms with Crippen LogP contribution in [0, 0.1) is 0 Å². The maximum atomic E-state index is 12.8. The summed E-state index contributed by atoms with van der Waals surface area (Å²) in [6.45, 7) is 0.340. The zero-order chi connectivity index (χ0) is 16.5. The van der Waals surface area contributed by atoms with Gasteiger partial charge in [0, 0.05) is 13.1 Å². The molecule has 0 radical (unpaired) electrons. The second-order valence-corrected chi connectivity index (χ2v) is 6.62. The molecule has 2 rings (SSSR count). The van der Waals surface area contributed by atoms with E-state index >= 15 is 0 Å². The largest absolute Gasteiger partial charge is 0.488 e. The SMILES string of the molecule is O=S(=O)(c1cc(B(O)O)cc(C(F)(F)F)c1)N1CCOCC1. The average Bonchev–Trinajstić information content (AvgIpc) is 2.46. The second kappa shape index (κ2) is 6.16. The molecule has 11 heteroatoms. The number of hydrogen-bond acceptors (Lipinski definition) is 5. The first-order chi connectivity index (χ1) is 10.1. The van der Waals surface area contributed by atoms with Gasteiger partial charge in [-0.2, -0.15) is 17.5 Å². The molecule has 0 atom stereocenters. The van der Waals surface area contributed by atoms with Crippen molar-refractivity contribution in [3.63, 3.8) is 0 Å². The van der Waals surface area contributed by atoms with Gasteiger partial charge in [-0.3, -0.25) is 0 Å². The molecule has 0 unspecified atom stereocenters. The Bertz CT molecular complexity index is 644. The summed E-state index contributed by atoms with van der Waals surface area (Å²) >= 11 is 0. The van der Waals surface area contributed by atoms with Gasteiger partial charge in [0.15, 0.2) is 0 Å². The molecular weight excluding hydrogens is 326 g/mol. The molecule has 0 spiro atoms. The van der Waals surface area contributed by atoms with Crippen LogP contribution < -0.4 is 5.46 Å².